The maximum atomic E-state index is 4.69. The molecule has 1 aromatic carbocycles. The van der Waals surface area contributed by atoms with Crippen LogP contribution >= 0.6 is 24.0 Å². The van der Waals surface area contributed by atoms with E-state index in [1.54, 1.807) is 11.0 Å². The minimum absolute atomic E-state index is 0. The summed E-state index contributed by atoms with van der Waals surface area (Å²) in [6.45, 7) is 8.27. The Kier molecular flexibility index (Phi) is 7.97. The molecule has 0 saturated heterocycles. The fourth-order valence-corrected chi connectivity index (χ4v) is 2.85. The van der Waals surface area contributed by atoms with Crippen LogP contribution in [0.2, 0.25) is 0 Å². The van der Waals surface area contributed by atoms with Gasteiger partial charge >= 0.3 is 0 Å². The van der Waals surface area contributed by atoms with Crippen LogP contribution in [0.4, 0.5) is 0 Å². The van der Waals surface area contributed by atoms with E-state index in [0.717, 1.165) is 29.4 Å². The van der Waals surface area contributed by atoms with Gasteiger partial charge in [-0.3, -0.25) is 4.68 Å². The molecule has 150 valence electrons. The van der Waals surface area contributed by atoms with Crippen LogP contribution in [-0.4, -0.2) is 37.0 Å². The Morgan fingerprint density at radius 3 is 2.46 bits per heavy atom. The zero-order valence-electron chi connectivity index (χ0n) is 16.7. The lowest BCUT2D eigenvalue weighted by atomic mass is 10.2. The lowest BCUT2D eigenvalue weighted by molar-refractivity contribution is 0.728. The van der Waals surface area contributed by atoms with Crippen molar-refractivity contribution in [1.29, 1.82) is 0 Å². The third kappa shape index (κ3) is 5.31. The highest BCUT2D eigenvalue weighted by molar-refractivity contribution is 14.0. The van der Waals surface area contributed by atoms with Crippen LogP contribution in [0.3, 0.4) is 0 Å². The molecule has 28 heavy (non-hydrogen) atoms. The fraction of sp³-hybridized carbons (Fsp3) is 0.368. The average Bonchev–Trinajstić information content (AvgIpc) is 3.28. The predicted molar refractivity (Wildman–Crippen MR) is 121 cm³/mol. The van der Waals surface area contributed by atoms with E-state index < -0.39 is 0 Å². The molecule has 0 atom stereocenters. The van der Waals surface area contributed by atoms with Gasteiger partial charge in [0.1, 0.15) is 12.7 Å². The second kappa shape index (κ2) is 10.2. The number of hydrogen-bond acceptors (Lipinski definition) is 4. The van der Waals surface area contributed by atoms with Crippen molar-refractivity contribution in [3.63, 3.8) is 0 Å². The van der Waals surface area contributed by atoms with Gasteiger partial charge in [0.2, 0.25) is 0 Å². The Labute approximate surface area is 182 Å². The molecule has 0 radical (unpaired) electrons. The molecule has 0 bridgehead atoms. The third-order valence-corrected chi connectivity index (χ3v) is 4.48. The number of halogens is 1. The molecule has 8 nitrogen and oxygen atoms in total. The van der Waals surface area contributed by atoms with E-state index in [0.29, 0.717) is 13.1 Å². The zero-order chi connectivity index (χ0) is 19.2. The van der Waals surface area contributed by atoms with Gasteiger partial charge in [0.05, 0.1) is 17.9 Å². The summed E-state index contributed by atoms with van der Waals surface area (Å²) < 4.78 is 3.64. The lowest BCUT2D eigenvalue weighted by Gasteiger charge is -2.12. The molecule has 3 aromatic rings. The molecular weight excluding hydrogens is 467 g/mol. The number of rotatable bonds is 6. The first-order valence-electron chi connectivity index (χ1n) is 9.03. The molecule has 0 unspecified atom stereocenters. The Balaban J connectivity index is 0.00000280. The second-order valence-electron chi connectivity index (χ2n) is 6.33. The standard InChI is InChI=1S/C19H26N8.HI/c1-5-21-19(23-11-18-14(2)25-26(4)15(18)3)22-10-16-6-8-17(9-7-16)27-13-20-12-24-27;/h6-9,12-13H,5,10-11H2,1-4H3,(H2,21,22,23);1H. The van der Waals surface area contributed by atoms with Crippen molar-refractivity contribution >= 4 is 29.9 Å². The topological polar surface area (TPSA) is 84.9 Å². The number of aliphatic imine (C=N–C) groups is 1. The Morgan fingerprint density at radius 1 is 1.14 bits per heavy atom. The highest BCUT2D eigenvalue weighted by Crippen LogP contribution is 2.11. The van der Waals surface area contributed by atoms with Crippen LogP contribution in [0.5, 0.6) is 0 Å². The summed E-state index contributed by atoms with van der Waals surface area (Å²) in [5.41, 5.74) is 5.53. The van der Waals surface area contributed by atoms with Gasteiger partial charge in [0, 0.05) is 31.4 Å². The number of aryl methyl sites for hydroxylation is 2. The number of guanidine groups is 1. The van der Waals surface area contributed by atoms with Gasteiger partial charge in [-0.05, 0) is 38.5 Å². The molecule has 2 N–H and O–H groups in total. The van der Waals surface area contributed by atoms with Gasteiger partial charge in [-0.25, -0.2) is 14.7 Å². The summed E-state index contributed by atoms with van der Waals surface area (Å²) in [4.78, 5) is 8.66. The molecular formula is C19H27IN8. The van der Waals surface area contributed by atoms with Crippen LogP contribution < -0.4 is 10.6 Å². The van der Waals surface area contributed by atoms with Gasteiger partial charge in [-0.15, -0.1) is 24.0 Å². The van der Waals surface area contributed by atoms with Crippen molar-refractivity contribution in [2.24, 2.45) is 12.0 Å². The molecule has 0 aliphatic rings. The van der Waals surface area contributed by atoms with Crippen LogP contribution in [0, 0.1) is 13.8 Å². The molecule has 2 heterocycles. The highest BCUT2D eigenvalue weighted by atomic mass is 127. The third-order valence-electron chi connectivity index (χ3n) is 4.48. The van der Waals surface area contributed by atoms with Crippen molar-refractivity contribution in [1.82, 2.24) is 35.2 Å². The van der Waals surface area contributed by atoms with Gasteiger partial charge < -0.3 is 10.6 Å². The van der Waals surface area contributed by atoms with E-state index in [1.165, 1.54) is 17.6 Å². The lowest BCUT2D eigenvalue weighted by Crippen LogP contribution is -2.37. The predicted octanol–water partition coefficient (Wildman–Crippen LogP) is 2.49. The first-order valence-corrected chi connectivity index (χ1v) is 9.03. The summed E-state index contributed by atoms with van der Waals surface area (Å²) in [6.07, 6.45) is 3.21. The molecule has 0 aliphatic heterocycles. The maximum Gasteiger partial charge on any atom is 0.191 e. The largest absolute Gasteiger partial charge is 0.357 e. The monoisotopic (exact) mass is 494 g/mol. The van der Waals surface area contributed by atoms with Crippen LogP contribution in [-0.2, 0) is 20.1 Å². The first-order chi connectivity index (χ1) is 13.1. The van der Waals surface area contributed by atoms with Crippen LogP contribution in [0.25, 0.3) is 5.69 Å². The number of hydrogen-bond donors (Lipinski definition) is 2. The SMILES string of the molecule is CCNC(=NCc1ccc(-n2cncn2)cc1)NCc1c(C)nn(C)c1C.I. The minimum Gasteiger partial charge on any atom is -0.357 e. The summed E-state index contributed by atoms with van der Waals surface area (Å²) in [5.74, 6) is 0.792. The number of benzene rings is 1. The molecule has 0 aliphatic carbocycles. The Bertz CT molecular complexity index is 897. The highest BCUT2D eigenvalue weighted by Gasteiger charge is 2.09. The minimum atomic E-state index is 0. The van der Waals surface area contributed by atoms with E-state index in [4.69, 9.17) is 0 Å². The first kappa shape index (κ1) is 21.9. The zero-order valence-corrected chi connectivity index (χ0v) is 19.0. The van der Waals surface area contributed by atoms with Crippen LogP contribution in [0.15, 0.2) is 41.9 Å². The van der Waals surface area contributed by atoms with Crippen molar-refractivity contribution in [3.05, 3.63) is 59.4 Å². The normalized spacial score (nSPS) is 11.2. The molecule has 3 rings (SSSR count). The molecule has 0 fully saturated rings. The smallest absolute Gasteiger partial charge is 0.191 e. The molecule has 0 amide bonds. The Hall–Kier alpha value is -2.43. The molecule has 9 heteroatoms. The van der Waals surface area contributed by atoms with Crippen molar-refractivity contribution in [3.8, 4) is 5.69 Å². The second-order valence-corrected chi connectivity index (χ2v) is 6.33. The van der Waals surface area contributed by atoms with Crippen molar-refractivity contribution < 1.29 is 0 Å². The molecule has 0 saturated carbocycles. The number of aromatic nitrogens is 5. The molecule has 2 aromatic heterocycles. The van der Waals surface area contributed by atoms with Gasteiger partial charge in [-0.1, -0.05) is 12.1 Å². The van der Waals surface area contributed by atoms with E-state index in [1.807, 2.05) is 30.8 Å². The van der Waals surface area contributed by atoms with Crippen molar-refractivity contribution in [2.75, 3.05) is 6.54 Å². The van der Waals surface area contributed by atoms with Crippen LogP contribution in [0.1, 0.15) is 29.4 Å². The van der Waals surface area contributed by atoms with Gasteiger partial charge in [0.15, 0.2) is 5.96 Å². The van der Waals surface area contributed by atoms with Gasteiger partial charge in [-0.2, -0.15) is 10.2 Å². The number of nitrogens with zero attached hydrogens (tertiary/aromatic N) is 6. The maximum absolute atomic E-state index is 4.69. The quantitative estimate of drug-likeness (QED) is 0.313. The average molecular weight is 494 g/mol. The Morgan fingerprint density at radius 2 is 1.89 bits per heavy atom. The van der Waals surface area contributed by atoms with E-state index in [9.17, 15) is 0 Å². The van der Waals surface area contributed by atoms with E-state index in [-0.39, 0.29) is 24.0 Å². The molecule has 0 spiro atoms. The fourth-order valence-electron chi connectivity index (χ4n) is 2.85. The van der Waals surface area contributed by atoms with Gasteiger partial charge in [0.25, 0.3) is 0 Å². The van der Waals surface area contributed by atoms with E-state index >= 15 is 0 Å². The summed E-state index contributed by atoms with van der Waals surface area (Å²) in [6, 6.07) is 8.14. The summed E-state index contributed by atoms with van der Waals surface area (Å²) >= 11 is 0. The summed E-state index contributed by atoms with van der Waals surface area (Å²) in [5, 5.41) is 15.3. The summed E-state index contributed by atoms with van der Waals surface area (Å²) in [7, 11) is 1.97. The number of nitrogens with one attached hydrogen (secondary N) is 2. The van der Waals surface area contributed by atoms with E-state index in [2.05, 4.69) is 56.8 Å². The van der Waals surface area contributed by atoms with Crippen molar-refractivity contribution in [2.45, 2.75) is 33.9 Å².